The number of sulfonamides is 1. The van der Waals surface area contributed by atoms with Gasteiger partial charge in [0.15, 0.2) is 11.5 Å². The lowest BCUT2D eigenvalue weighted by molar-refractivity contribution is 0.353. The van der Waals surface area contributed by atoms with Crippen LogP contribution in [0.25, 0.3) is 0 Å². The molecule has 1 saturated heterocycles. The molecular weight excluding hydrogens is 378 g/mol. The van der Waals surface area contributed by atoms with E-state index in [0.29, 0.717) is 11.5 Å². The van der Waals surface area contributed by atoms with E-state index < -0.39 is 21.7 Å². The molecule has 0 bridgehead atoms. The van der Waals surface area contributed by atoms with Crippen molar-refractivity contribution in [2.45, 2.75) is 4.90 Å². The van der Waals surface area contributed by atoms with Crippen LogP contribution in [0.15, 0.2) is 41.3 Å². The number of methoxy groups -OCH3 is 2. The molecule has 2 aromatic carbocycles. The highest BCUT2D eigenvalue weighted by molar-refractivity contribution is 7.89. The largest absolute Gasteiger partial charge is 0.493 e. The van der Waals surface area contributed by atoms with Crippen molar-refractivity contribution in [2.24, 2.45) is 0 Å². The molecule has 1 aliphatic rings. The van der Waals surface area contributed by atoms with E-state index in [1.807, 2.05) is 0 Å². The Bertz CT molecular complexity index is 909. The highest BCUT2D eigenvalue weighted by atomic mass is 32.2. The first-order valence-corrected chi connectivity index (χ1v) is 9.73. The van der Waals surface area contributed by atoms with E-state index in [9.17, 15) is 17.2 Å². The van der Waals surface area contributed by atoms with Gasteiger partial charge in [0.05, 0.1) is 19.1 Å². The van der Waals surface area contributed by atoms with Gasteiger partial charge in [0, 0.05) is 32.2 Å². The summed E-state index contributed by atoms with van der Waals surface area (Å²) in [4.78, 5) is 1.59. The molecular formula is C18H20F2N2O4S. The monoisotopic (exact) mass is 398 g/mol. The molecule has 27 heavy (non-hydrogen) atoms. The molecule has 0 spiro atoms. The van der Waals surface area contributed by atoms with E-state index in [4.69, 9.17) is 9.47 Å². The predicted octanol–water partition coefficient (Wildman–Crippen LogP) is 2.49. The Labute approximate surface area is 157 Å². The third-order valence-electron chi connectivity index (χ3n) is 4.49. The molecule has 0 saturated carbocycles. The van der Waals surface area contributed by atoms with Gasteiger partial charge in [-0.1, -0.05) is 6.07 Å². The minimum Gasteiger partial charge on any atom is -0.493 e. The third-order valence-corrected chi connectivity index (χ3v) is 6.38. The van der Waals surface area contributed by atoms with Gasteiger partial charge in [-0.3, -0.25) is 0 Å². The van der Waals surface area contributed by atoms with Gasteiger partial charge < -0.3 is 14.4 Å². The van der Waals surface area contributed by atoms with E-state index >= 15 is 0 Å². The molecule has 0 aliphatic carbocycles. The van der Waals surface area contributed by atoms with Crippen LogP contribution in [-0.4, -0.2) is 53.1 Å². The van der Waals surface area contributed by atoms with Crippen LogP contribution in [0.3, 0.4) is 0 Å². The summed E-state index contributed by atoms with van der Waals surface area (Å²) in [6.07, 6.45) is 0. The van der Waals surface area contributed by atoms with Crippen molar-refractivity contribution in [1.29, 1.82) is 0 Å². The van der Waals surface area contributed by atoms with E-state index in [-0.39, 0.29) is 36.8 Å². The highest BCUT2D eigenvalue weighted by Crippen LogP contribution is 2.31. The van der Waals surface area contributed by atoms with Crippen molar-refractivity contribution in [1.82, 2.24) is 4.31 Å². The highest BCUT2D eigenvalue weighted by Gasteiger charge is 2.30. The fourth-order valence-corrected chi connectivity index (χ4v) is 4.51. The van der Waals surface area contributed by atoms with Crippen LogP contribution in [0.5, 0.6) is 11.5 Å². The van der Waals surface area contributed by atoms with Crippen molar-refractivity contribution >= 4 is 15.7 Å². The molecule has 6 nitrogen and oxygen atoms in total. The molecule has 0 radical (unpaired) electrons. The summed E-state index contributed by atoms with van der Waals surface area (Å²) in [6, 6.07) is 8.04. The normalized spacial score (nSPS) is 15.6. The van der Waals surface area contributed by atoms with Crippen molar-refractivity contribution in [3.8, 4) is 11.5 Å². The van der Waals surface area contributed by atoms with Gasteiger partial charge in [-0.25, -0.2) is 17.2 Å². The van der Waals surface area contributed by atoms with Crippen molar-refractivity contribution in [3.05, 3.63) is 48.0 Å². The minimum atomic E-state index is -3.76. The Morgan fingerprint density at radius 3 is 2.04 bits per heavy atom. The van der Waals surface area contributed by atoms with Gasteiger partial charge in [0.25, 0.3) is 0 Å². The molecule has 0 unspecified atom stereocenters. The summed E-state index contributed by atoms with van der Waals surface area (Å²) in [5, 5.41) is 0. The first kappa shape index (κ1) is 19.4. The average molecular weight is 398 g/mol. The molecule has 0 aromatic heterocycles. The zero-order chi connectivity index (χ0) is 19.6. The van der Waals surface area contributed by atoms with E-state index in [1.54, 1.807) is 0 Å². The molecule has 146 valence electrons. The number of halogens is 2. The number of piperazine rings is 1. The maximum atomic E-state index is 13.9. The van der Waals surface area contributed by atoms with Crippen molar-refractivity contribution in [2.75, 3.05) is 45.3 Å². The van der Waals surface area contributed by atoms with Gasteiger partial charge in [0.2, 0.25) is 10.0 Å². The Morgan fingerprint density at radius 2 is 1.48 bits per heavy atom. The molecule has 0 N–H and O–H groups in total. The molecule has 3 rings (SSSR count). The van der Waals surface area contributed by atoms with E-state index in [2.05, 4.69) is 0 Å². The number of nitrogens with zero attached hydrogens (tertiary/aromatic N) is 2. The second kappa shape index (κ2) is 7.69. The number of benzene rings is 2. The van der Waals surface area contributed by atoms with Crippen LogP contribution < -0.4 is 14.4 Å². The lowest BCUT2D eigenvalue weighted by atomic mass is 10.2. The standard InChI is InChI=1S/C18H20F2N2O4S/c1-25-16-7-6-13(12-17(16)26-2)27(23,24)22-10-8-21(9-11-22)18-14(19)4-3-5-15(18)20/h3-7,12H,8-11H2,1-2H3. The molecule has 1 aliphatic heterocycles. The number of ether oxygens (including phenoxy) is 2. The molecule has 0 amide bonds. The van der Waals surface area contributed by atoms with Crippen molar-refractivity contribution < 1.29 is 26.7 Å². The summed E-state index contributed by atoms with van der Waals surface area (Å²) in [6.45, 7) is 0.601. The smallest absolute Gasteiger partial charge is 0.243 e. The van der Waals surface area contributed by atoms with Crippen LogP contribution in [0, 0.1) is 11.6 Å². The number of hydrogen-bond donors (Lipinski definition) is 0. The van der Waals surface area contributed by atoms with Gasteiger partial charge >= 0.3 is 0 Å². The molecule has 1 fully saturated rings. The molecule has 0 atom stereocenters. The van der Waals surface area contributed by atoms with E-state index in [1.165, 1.54) is 59.8 Å². The Hall–Kier alpha value is -2.39. The fourth-order valence-electron chi connectivity index (χ4n) is 3.07. The predicted molar refractivity (Wildman–Crippen MR) is 96.9 cm³/mol. The number of para-hydroxylation sites is 1. The van der Waals surface area contributed by atoms with Crippen LogP contribution >= 0.6 is 0 Å². The van der Waals surface area contributed by atoms with Gasteiger partial charge in [-0.15, -0.1) is 0 Å². The SMILES string of the molecule is COc1ccc(S(=O)(=O)N2CCN(c3c(F)cccc3F)CC2)cc1OC. The maximum absolute atomic E-state index is 13.9. The zero-order valence-corrected chi connectivity index (χ0v) is 15.8. The summed E-state index contributed by atoms with van der Waals surface area (Å²) < 4.78 is 65.3. The minimum absolute atomic E-state index is 0.0747. The van der Waals surface area contributed by atoms with Crippen LogP contribution in [0.1, 0.15) is 0 Å². The first-order valence-electron chi connectivity index (χ1n) is 8.29. The molecule has 2 aromatic rings. The second-order valence-corrected chi connectivity index (χ2v) is 7.92. The summed E-state index contributed by atoms with van der Waals surface area (Å²) in [5.74, 6) is -0.584. The van der Waals surface area contributed by atoms with Gasteiger partial charge in [0.1, 0.15) is 17.3 Å². The number of hydrogen-bond acceptors (Lipinski definition) is 5. The van der Waals surface area contributed by atoms with Crippen LogP contribution in [0.4, 0.5) is 14.5 Å². The lowest BCUT2D eigenvalue weighted by Gasteiger charge is -2.35. The Balaban J connectivity index is 1.79. The average Bonchev–Trinajstić information content (AvgIpc) is 2.67. The van der Waals surface area contributed by atoms with E-state index in [0.717, 1.165) is 0 Å². The Kier molecular flexibility index (Phi) is 5.52. The lowest BCUT2D eigenvalue weighted by Crippen LogP contribution is -2.49. The van der Waals surface area contributed by atoms with Crippen LogP contribution in [0.2, 0.25) is 0 Å². The summed E-state index contributed by atoms with van der Waals surface area (Å²) >= 11 is 0. The van der Waals surface area contributed by atoms with Gasteiger partial charge in [-0.05, 0) is 24.3 Å². The third kappa shape index (κ3) is 3.70. The molecule has 9 heteroatoms. The Morgan fingerprint density at radius 1 is 0.889 bits per heavy atom. The van der Waals surface area contributed by atoms with Crippen LogP contribution in [-0.2, 0) is 10.0 Å². The fraction of sp³-hybridized carbons (Fsp3) is 0.333. The molecule has 1 heterocycles. The maximum Gasteiger partial charge on any atom is 0.243 e. The summed E-state index contributed by atoms with van der Waals surface area (Å²) in [5.41, 5.74) is -0.124. The first-order chi connectivity index (χ1) is 12.9. The topological polar surface area (TPSA) is 59.1 Å². The number of anilines is 1. The zero-order valence-electron chi connectivity index (χ0n) is 15.0. The second-order valence-electron chi connectivity index (χ2n) is 5.98. The van der Waals surface area contributed by atoms with Crippen molar-refractivity contribution in [3.63, 3.8) is 0 Å². The number of rotatable bonds is 5. The quantitative estimate of drug-likeness (QED) is 0.775. The summed E-state index contributed by atoms with van der Waals surface area (Å²) in [7, 11) is -0.870. The van der Waals surface area contributed by atoms with Gasteiger partial charge in [-0.2, -0.15) is 4.31 Å².